The van der Waals surface area contributed by atoms with Crippen molar-refractivity contribution in [2.45, 2.75) is 13.2 Å². The number of benzene rings is 2. The van der Waals surface area contributed by atoms with Gasteiger partial charge in [0.15, 0.2) is 0 Å². The minimum Gasteiger partial charge on any atom is -0.502 e. The van der Waals surface area contributed by atoms with Gasteiger partial charge in [0.05, 0.1) is 13.2 Å². The van der Waals surface area contributed by atoms with Gasteiger partial charge >= 0.3 is 5.97 Å². The minimum absolute atomic E-state index is 0.248. The van der Waals surface area contributed by atoms with E-state index in [0.29, 0.717) is 5.75 Å². The molecule has 0 saturated heterocycles. The topological polar surface area (TPSA) is 76.1 Å². The van der Waals surface area contributed by atoms with Crippen molar-refractivity contribution >= 4 is 11.9 Å². The molecule has 1 amide bonds. The Hall–Kier alpha value is -3.35. The van der Waals surface area contributed by atoms with Crippen molar-refractivity contribution in [3.63, 3.8) is 0 Å². The summed E-state index contributed by atoms with van der Waals surface area (Å²) in [5.74, 6) is -1.99. The van der Waals surface area contributed by atoms with Crippen LogP contribution in [0.2, 0.25) is 0 Å². The molecule has 0 unspecified atom stereocenters. The SMILES string of the molecule is COC(=O)/C(O)=C/C(=O)N(C)Cc1cccc(OCc2ccc(F)cc2)c1. The largest absolute Gasteiger partial charge is 0.502 e. The molecule has 2 aromatic carbocycles. The number of hydrogen-bond acceptors (Lipinski definition) is 5. The number of carbonyl (C=O) groups excluding carboxylic acids is 2. The van der Waals surface area contributed by atoms with Crippen molar-refractivity contribution in [3.8, 4) is 5.75 Å². The number of halogens is 1. The van der Waals surface area contributed by atoms with Gasteiger partial charge in [0.2, 0.25) is 5.76 Å². The lowest BCUT2D eigenvalue weighted by Gasteiger charge is -2.16. The highest BCUT2D eigenvalue weighted by molar-refractivity contribution is 5.96. The maximum absolute atomic E-state index is 12.9. The highest BCUT2D eigenvalue weighted by Crippen LogP contribution is 2.17. The number of methoxy groups -OCH3 is 1. The lowest BCUT2D eigenvalue weighted by molar-refractivity contribution is -0.139. The second-order valence-electron chi connectivity index (χ2n) is 5.78. The van der Waals surface area contributed by atoms with Crippen LogP contribution in [0.3, 0.4) is 0 Å². The van der Waals surface area contributed by atoms with Gasteiger partial charge in [-0.25, -0.2) is 9.18 Å². The van der Waals surface area contributed by atoms with Gasteiger partial charge in [-0.1, -0.05) is 24.3 Å². The molecule has 0 atom stereocenters. The Balaban J connectivity index is 1.97. The summed E-state index contributed by atoms with van der Waals surface area (Å²) >= 11 is 0. The summed E-state index contributed by atoms with van der Waals surface area (Å²) in [5, 5.41) is 9.44. The molecule has 0 heterocycles. The lowest BCUT2D eigenvalue weighted by Crippen LogP contribution is -2.25. The van der Waals surface area contributed by atoms with Crippen molar-refractivity contribution in [2.75, 3.05) is 14.2 Å². The second kappa shape index (κ2) is 9.38. The number of aliphatic hydroxyl groups excluding tert-OH is 1. The van der Waals surface area contributed by atoms with Gasteiger partial charge in [-0.05, 0) is 35.4 Å². The van der Waals surface area contributed by atoms with E-state index in [9.17, 15) is 19.1 Å². The van der Waals surface area contributed by atoms with E-state index in [1.807, 2.05) is 6.07 Å². The standard InChI is InChI=1S/C20H20FNO5/c1-22(19(24)11-18(23)20(25)26-2)12-15-4-3-5-17(10-15)27-13-14-6-8-16(21)9-7-14/h3-11,23H,12-13H2,1-2H3/b18-11-. The van der Waals surface area contributed by atoms with E-state index in [1.165, 1.54) is 24.1 Å². The number of nitrogens with zero attached hydrogens (tertiary/aromatic N) is 1. The van der Waals surface area contributed by atoms with Crippen LogP contribution in [-0.2, 0) is 27.5 Å². The molecule has 6 nitrogen and oxygen atoms in total. The van der Waals surface area contributed by atoms with Crippen LogP contribution in [0.15, 0.2) is 60.4 Å². The molecule has 0 saturated carbocycles. The lowest BCUT2D eigenvalue weighted by atomic mass is 10.2. The smallest absolute Gasteiger partial charge is 0.373 e. The van der Waals surface area contributed by atoms with Gasteiger partial charge in [0.1, 0.15) is 18.2 Å². The van der Waals surface area contributed by atoms with E-state index in [4.69, 9.17) is 4.74 Å². The third kappa shape index (κ3) is 6.14. The van der Waals surface area contributed by atoms with Crippen LogP contribution in [0, 0.1) is 5.82 Å². The summed E-state index contributed by atoms with van der Waals surface area (Å²) in [6.45, 7) is 0.534. The molecule has 2 aromatic rings. The molecule has 142 valence electrons. The molecule has 0 aromatic heterocycles. The summed E-state index contributed by atoms with van der Waals surface area (Å²) in [6.07, 6.45) is 0.806. The number of likely N-dealkylation sites (N-methyl/N-ethyl adjacent to an activating group) is 1. The first-order valence-electron chi connectivity index (χ1n) is 8.09. The van der Waals surface area contributed by atoms with E-state index in [2.05, 4.69) is 4.74 Å². The maximum atomic E-state index is 12.9. The van der Waals surface area contributed by atoms with Gasteiger partial charge in [0.25, 0.3) is 5.91 Å². The predicted octanol–water partition coefficient (Wildman–Crippen LogP) is 2.98. The average molecular weight is 373 g/mol. The van der Waals surface area contributed by atoms with E-state index < -0.39 is 17.6 Å². The zero-order chi connectivity index (χ0) is 19.8. The molecule has 2 rings (SSSR count). The Morgan fingerprint density at radius 1 is 1.15 bits per heavy atom. The number of hydrogen-bond donors (Lipinski definition) is 1. The number of aliphatic hydroxyl groups is 1. The van der Waals surface area contributed by atoms with Crippen LogP contribution in [0.1, 0.15) is 11.1 Å². The molecule has 0 aliphatic rings. The summed E-state index contributed by atoms with van der Waals surface area (Å²) < 4.78 is 22.9. The number of amides is 1. The van der Waals surface area contributed by atoms with Crippen molar-refractivity contribution in [1.29, 1.82) is 0 Å². The van der Waals surface area contributed by atoms with Crippen molar-refractivity contribution < 1.29 is 28.6 Å². The fourth-order valence-electron chi connectivity index (χ4n) is 2.22. The average Bonchev–Trinajstić information content (AvgIpc) is 2.67. The first kappa shape index (κ1) is 20.0. The van der Waals surface area contributed by atoms with E-state index in [-0.39, 0.29) is 19.0 Å². The summed E-state index contributed by atoms with van der Waals surface area (Å²) in [6, 6.07) is 13.2. The molecular formula is C20H20FNO5. The van der Waals surface area contributed by atoms with Crippen LogP contribution in [0.5, 0.6) is 5.75 Å². The normalized spacial score (nSPS) is 11.0. The van der Waals surface area contributed by atoms with Gasteiger partial charge in [-0.2, -0.15) is 0 Å². The summed E-state index contributed by atoms with van der Waals surface area (Å²) in [7, 11) is 2.65. The van der Waals surface area contributed by atoms with Gasteiger partial charge < -0.3 is 19.5 Å². The third-order valence-electron chi connectivity index (χ3n) is 3.67. The van der Waals surface area contributed by atoms with E-state index >= 15 is 0 Å². The Bertz CT molecular complexity index is 833. The second-order valence-corrected chi connectivity index (χ2v) is 5.78. The Morgan fingerprint density at radius 3 is 2.52 bits per heavy atom. The van der Waals surface area contributed by atoms with Gasteiger partial charge in [-0.15, -0.1) is 0 Å². The molecule has 0 aliphatic heterocycles. The molecule has 0 bridgehead atoms. The van der Waals surface area contributed by atoms with Crippen LogP contribution in [0.4, 0.5) is 4.39 Å². The molecule has 1 N–H and O–H groups in total. The number of rotatable bonds is 7. The quantitative estimate of drug-likeness (QED) is 0.459. The molecular weight excluding hydrogens is 353 g/mol. The minimum atomic E-state index is -0.979. The Labute approximate surface area is 156 Å². The Morgan fingerprint density at radius 2 is 1.85 bits per heavy atom. The number of esters is 1. The van der Waals surface area contributed by atoms with Crippen molar-refractivity contribution in [2.24, 2.45) is 0 Å². The predicted molar refractivity (Wildman–Crippen MR) is 96.4 cm³/mol. The number of ether oxygens (including phenoxy) is 2. The Kier molecular flexibility index (Phi) is 6.93. The van der Waals surface area contributed by atoms with Crippen molar-refractivity contribution in [1.82, 2.24) is 4.90 Å². The first-order valence-corrected chi connectivity index (χ1v) is 8.09. The molecule has 7 heteroatoms. The molecule has 0 aliphatic carbocycles. The monoisotopic (exact) mass is 373 g/mol. The first-order chi connectivity index (χ1) is 12.9. The van der Waals surface area contributed by atoms with Crippen LogP contribution >= 0.6 is 0 Å². The third-order valence-corrected chi connectivity index (χ3v) is 3.67. The molecule has 0 spiro atoms. The maximum Gasteiger partial charge on any atom is 0.373 e. The zero-order valence-electron chi connectivity index (χ0n) is 15.0. The molecule has 0 radical (unpaired) electrons. The highest BCUT2D eigenvalue weighted by Gasteiger charge is 2.13. The van der Waals surface area contributed by atoms with Crippen LogP contribution in [0.25, 0.3) is 0 Å². The number of carbonyl (C=O) groups is 2. The van der Waals surface area contributed by atoms with Crippen LogP contribution < -0.4 is 4.74 Å². The van der Waals surface area contributed by atoms with E-state index in [0.717, 1.165) is 24.3 Å². The summed E-state index contributed by atoms with van der Waals surface area (Å²) in [4.78, 5) is 24.5. The van der Waals surface area contributed by atoms with Crippen LogP contribution in [-0.4, -0.2) is 36.0 Å². The van der Waals surface area contributed by atoms with E-state index in [1.54, 1.807) is 30.3 Å². The zero-order valence-corrected chi connectivity index (χ0v) is 15.0. The fourth-order valence-corrected chi connectivity index (χ4v) is 2.22. The highest BCUT2D eigenvalue weighted by atomic mass is 19.1. The summed E-state index contributed by atoms with van der Waals surface area (Å²) in [5.41, 5.74) is 1.63. The van der Waals surface area contributed by atoms with Gasteiger partial charge in [-0.3, -0.25) is 4.79 Å². The van der Waals surface area contributed by atoms with Crippen molar-refractivity contribution in [3.05, 3.63) is 77.3 Å². The van der Waals surface area contributed by atoms with Gasteiger partial charge in [0, 0.05) is 13.6 Å². The molecule has 27 heavy (non-hydrogen) atoms. The molecule has 0 fully saturated rings. The fraction of sp³-hybridized carbons (Fsp3) is 0.200.